The summed E-state index contributed by atoms with van der Waals surface area (Å²) in [7, 11) is 0. The molecule has 0 aliphatic carbocycles. The van der Waals surface area contributed by atoms with E-state index in [9.17, 15) is 4.79 Å². The fourth-order valence-electron chi connectivity index (χ4n) is 1.56. The maximum Gasteiger partial charge on any atom is 0.245 e. The second-order valence-electron chi connectivity index (χ2n) is 4.05. The van der Waals surface area contributed by atoms with Crippen molar-refractivity contribution in [3.63, 3.8) is 0 Å². The third-order valence-electron chi connectivity index (χ3n) is 2.55. The number of aryl methyl sites for hydroxylation is 2. The molecule has 1 heterocycles. The molecule has 0 atom stereocenters. The molecule has 0 bridgehead atoms. The van der Waals surface area contributed by atoms with Crippen LogP contribution in [0.1, 0.15) is 17.5 Å². The van der Waals surface area contributed by atoms with Crippen molar-refractivity contribution in [2.75, 3.05) is 5.75 Å². The number of halogens is 1. The molecule has 0 saturated carbocycles. The number of hydrazone groups is 1. The van der Waals surface area contributed by atoms with Crippen LogP contribution in [0, 0.1) is 13.8 Å². The van der Waals surface area contributed by atoms with Crippen molar-refractivity contribution in [2.45, 2.75) is 25.2 Å². The van der Waals surface area contributed by atoms with Crippen LogP contribution in [0.5, 0.6) is 0 Å². The highest BCUT2D eigenvalue weighted by molar-refractivity contribution is 8.00. The molecule has 0 radical (unpaired) electrons. The number of carbonyl (C=O) groups excluding carboxylic acids is 1. The highest BCUT2D eigenvalue weighted by Crippen LogP contribution is 2.28. The number of carbonyl (C=O) groups is 1. The number of benzene rings is 1. The predicted octanol–water partition coefficient (Wildman–Crippen LogP) is 2.92. The standard InChI is InChI=1S/C12H13ClN2OS/c1-7-4-11(8(2)3-10(7)13)17-6-9-5-12(16)15-14-9/h3-4H,5-6H2,1-2H3,(H,15,16). The summed E-state index contributed by atoms with van der Waals surface area (Å²) in [6.07, 6.45) is 0.415. The normalized spacial score (nSPS) is 14.8. The van der Waals surface area contributed by atoms with Crippen molar-refractivity contribution in [3.05, 3.63) is 28.3 Å². The highest BCUT2D eigenvalue weighted by atomic mass is 35.5. The fraction of sp³-hybridized carbons (Fsp3) is 0.333. The van der Waals surface area contributed by atoms with E-state index in [4.69, 9.17) is 11.6 Å². The molecule has 1 aliphatic heterocycles. The average Bonchev–Trinajstić information content (AvgIpc) is 2.68. The largest absolute Gasteiger partial charge is 0.273 e. The van der Waals surface area contributed by atoms with Crippen LogP contribution in [-0.2, 0) is 4.79 Å². The Kier molecular flexibility index (Phi) is 3.74. The van der Waals surface area contributed by atoms with Crippen molar-refractivity contribution >= 4 is 35.0 Å². The summed E-state index contributed by atoms with van der Waals surface area (Å²) >= 11 is 7.73. The highest BCUT2D eigenvalue weighted by Gasteiger charge is 2.14. The molecule has 0 saturated heterocycles. The van der Waals surface area contributed by atoms with Crippen molar-refractivity contribution in [2.24, 2.45) is 5.10 Å². The number of rotatable bonds is 3. The first kappa shape index (κ1) is 12.5. The van der Waals surface area contributed by atoms with E-state index in [1.54, 1.807) is 11.8 Å². The zero-order valence-electron chi connectivity index (χ0n) is 9.71. The van der Waals surface area contributed by atoms with Gasteiger partial charge < -0.3 is 0 Å². The lowest BCUT2D eigenvalue weighted by Crippen LogP contribution is -2.09. The zero-order chi connectivity index (χ0) is 12.4. The van der Waals surface area contributed by atoms with Crippen LogP contribution >= 0.6 is 23.4 Å². The van der Waals surface area contributed by atoms with E-state index in [0.29, 0.717) is 6.42 Å². The summed E-state index contributed by atoms with van der Waals surface area (Å²) in [6.45, 7) is 4.03. The number of nitrogens with zero attached hydrogens (tertiary/aromatic N) is 1. The number of amides is 1. The first-order valence-electron chi connectivity index (χ1n) is 5.30. The maximum absolute atomic E-state index is 11.0. The first-order chi connectivity index (χ1) is 8.06. The molecule has 0 spiro atoms. The van der Waals surface area contributed by atoms with E-state index in [-0.39, 0.29) is 5.91 Å². The Labute approximate surface area is 110 Å². The molecule has 1 aromatic rings. The molecule has 0 fully saturated rings. The Balaban J connectivity index is 2.04. The van der Waals surface area contributed by atoms with E-state index in [0.717, 1.165) is 27.6 Å². The van der Waals surface area contributed by atoms with E-state index < -0.39 is 0 Å². The van der Waals surface area contributed by atoms with Gasteiger partial charge in [-0.3, -0.25) is 4.79 Å². The van der Waals surface area contributed by atoms with E-state index >= 15 is 0 Å². The van der Waals surface area contributed by atoms with E-state index in [1.807, 2.05) is 19.9 Å². The fourth-order valence-corrected chi connectivity index (χ4v) is 2.81. The summed E-state index contributed by atoms with van der Waals surface area (Å²) in [6, 6.07) is 4.05. The van der Waals surface area contributed by atoms with E-state index in [2.05, 4.69) is 16.6 Å². The van der Waals surface area contributed by atoms with Gasteiger partial charge in [0.25, 0.3) is 0 Å². The Hall–Kier alpha value is -1.00. The Bertz CT molecular complexity index is 500. The molecular weight excluding hydrogens is 256 g/mol. The van der Waals surface area contributed by atoms with Crippen molar-refractivity contribution in [3.8, 4) is 0 Å². The zero-order valence-corrected chi connectivity index (χ0v) is 11.3. The second-order valence-corrected chi connectivity index (χ2v) is 5.47. The molecule has 1 aromatic carbocycles. The van der Waals surface area contributed by atoms with Crippen LogP contribution in [0.2, 0.25) is 5.02 Å². The van der Waals surface area contributed by atoms with Gasteiger partial charge in [-0.15, -0.1) is 11.8 Å². The Morgan fingerprint density at radius 2 is 2.18 bits per heavy atom. The summed E-state index contributed by atoms with van der Waals surface area (Å²) in [5.41, 5.74) is 5.58. The lowest BCUT2D eigenvalue weighted by molar-refractivity contribution is -0.119. The molecule has 90 valence electrons. The lowest BCUT2D eigenvalue weighted by Gasteiger charge is -2.07. The van der Waals surface area contributed by atoms with Gasteiger partial charge in [-0.1, -0.05) is 11.6 Å². The molecule has 17 heavy (non-hydrogen) atoms. The molecule has 1 N–H and O–H groups in total. The van der Waals surface area contributed by atoms with Crippen LogP contribution < -0.4 is 5.43 Å². The summed E-state index contributed by atoms with van der Waals surface area (Å²) in [4.78, 5) is 12.2. The molecule has 0 aromatic heterocycles. The molecule has 5 heteroatoms. The number of hydrogen-bond acceptors (Lipinski definition) is 3. The van der Waals surface area contributed by atoms with Gasteiger partial charge in [-0.25, -0.2) is 5.43 Å². The maximum atomic E-state index is 11.0. The summed E-state index contributed by atoms with van der Waals surface area (Å²) in [5.74, 6) is 0.713. The van der Waals surface area contributed by atoms with Crippen molar-refractivity contribution in [1.82, 2.24) is 5.43 Å². The van der Waals surface area contributed by atoms with Crippen LogP contribution in [-0.4, -0.2) is 17.4 Å². The number of hydrogen-bond donors (Lipinski definition) is 1. The van der Waals surface area contributed by atoms with Crippen LogP contribution in [0.4, 0.5) is 0 Å². The third kappa shape index (κ3) is 3.01. The Morgan fingerprint density at radius 3 is 2.82 bits per heavy atom. The van der Waals surface area contributed by atoms with Gasteiger partial charge in [0.05, 0.1) is 12.1 Å². The molecule has 1 amide bonds. The average molecular weight is 269 g/mol. The first-order valence-corrected chi connectivity index (χ1v) is 6.66. The summed E-state index contributed by atoms with van der Waals surface area (Å²) in [5, 5.41) is 4.77. The minimum Gasteiger partial charge on any atom is -0.273 e. The quantitative estimate of drug-likeness (QED) is 0.857. The molecule has 1 aliphatic rings. The second kappa shape index (κ2) is 5.10. The van der Waals surface area contributed by atoms with Gasteiger partial charge in [0.1, 0.15) is 0 Å². The van der Waals surface area contributed by atoms with Crippen molar-refractivity contribution in [1.29, 1.82) is 0 Å². The molecule has 2 rings (SSSR count). The minimum absolute atomic E-state index is 0.0235. The van der Waals surface area contributed by atoms with Gasteiger partial charge in [-0.2, -0.15) is 5.10 Å². The molecular formula is C12H13ClN2OS. The number of nitrogens with one attached hydrogen (secondary N) is 1. The molecule has 3 nitrogen and oxygen atoms in total. The summed E-state index contributed by atoms with van der Waals surface area (Å²) < 4.78 is 0. The SMILES string of the molecule is Cc1cc(SCC2=NNC(=O)C2)c(C)cc1Cl. The van der Waals surface area contributed by atoms with Gasteiger partial charge in [-0.05, 0) is 37.1 Å². The Morgan fingerprint density at radius 1 is 1.41 bits per heavy atom. The van der Waals surface area contributed by atoms with Crippen LogP contribution in [0.3, 0.4) is 0 Å². The topological polar surface area (TPSA) is 41.5 Å². The number of thioether (sulfide) groups is 1. The van der Waals surface area contributed by atoms with Gasteiger partial charge in [0.2, 0.25) is 5.91 Å². The van der Waals surface area contributed by atoms with Gasteiger partial charge >= 0.3 is 0 Å². The minimum atomic E-state index is -0.0235. The van der Waals surface area contributed by atoms with Gasteiger partial charge in [0, 0.05) is 15.7 Å². The monoisotopic (exact) mass is 268 g/mol. The van der Waals surface area contributed by atoms with E-state index in [1.165, 1.54) is 4.90 Å². The van der Waals surface area contributed by atoms with Crippen LogP contribution in [0.15, 0.2) is 22.1 Å². The van der Waals surface area contributed by atoms with Crippen LogP contribution in [0.25, 0.3) is 0 Å². The smallest absolute Gasteiger partial charge is 0.245 e. The molecule has 0 unspecified atom stereocenters. The predicted molar refractivity (Wildman–Crippen MR) is 71.8 cm³/mol. The lowest BCUT2D eigenvalue weighted by atomic mass is 10.2. The van der Waals surface area contributed by atoms with Gasteiger partial charge in [0.15, 0.2) is 0 Å². The van der Waals surface area contributed by atoms with Crippen molar-refractivity contribution < 1.29 is 4.79 Å². The third-order valence-corrected chi connectivity index (χ3v) is 4.19.